The zero-order valence-electron chi connectivity index (χ0n) is 12.7. The first-order chi connectivity index (χ1) is 8.23. The summed E-state index contributed by atoms with van der Waals surface area (Å²) in [5.74, 6) is 0.511. The van der Waals surface area contributed by atoms with Crippen molar-refractivity contribution in [1.82, 2.24) is 0 Å². The van der Waals surface area contributed by atoms with Gasteiger partial charge in [-0.25, -0.2) is 0 Å². The maximum absolute atomic E-state index is 6.24. The third kappa shape index (κ3) is 2.65. The van der Waals surface area contributed by atoms with Crippen molar-refractivity contribution >= 4 is 0 Å². The molecule has 2 aliphatic rings. The van der Waals surface area contributed by atoms with Crippen LogP contribution < -0.4 is 0 Å². The molecule has 104 valence electrons. The SMILES string of the molecule is CC1=C[C@@H](C)[C@@](C)([C@H]2O[C@@H](C)CC(C)(C)O2)CC1. The van der Waals surface area contributed by atoms with Crippen LogP contribution in [0.2, 0.25) is 0 Å². The molecule has 2 heteroatoms. The van der Waals surface area contributed by atoms with E-state index in [0.717, 1.165) is 12.8 Å². The van der Waals surface area contributed by atoms with Crippen molar-refractivity contribution in [2.24, 2.45) is 11.3 Å². The molecule has 0 saturated carbocycles. The second-order valence-corrected chi connectivity index (χ2v) is 7.17. The highest BCUT2D eigenvalue weighted by Gasteiger charge is 2.47. The molecule has 0 amide bonds. The largest absolute Gasteiger partial charge is 0.349 e. The highest BCUT2D eigenvalue weighted by atomic mass is 16.7. The van der Waals surface area contributed by atoms with E-state index in [9.17, 15) is 0 Å². The van der Waals surface area contributed by atoms with E-state index >= 15 is 0 Å². The molecule has 1 saturated heterocycles. The van der Waals surface area contributed by atoms with Crippen molar-refractivity contribution in [3.63, 3.8) is 0 Å². The lowest BCUT2D eigenvalue weighted by Crippen LogP contribution is -2.52. The minimum atomic E-state index is -0.0735. The van der Waals surface area contributed by atoms with Gasteiger partial charge in [0.05, 0.1) is 11.7 Å². The summed E-state index contributed by atoms with van der Waals surface area (Å²) in [5.41, 5.74) is 1.54. The predicted molar refractivity (Wildman–Crippen MR) is 74.4 cm³/mol. The predicted octanol–water partition coefficient (Wildman–Crippen LogP) is 4.30. The van der Waals surface area contributed by atoms with Gasteiger partial charge in [-0.15, -0.1) is 0 Å². The number of allylic oxidation sites excluding steroid dienone is 2. The number of rotatable bonds is 1. The summed E-state index contributed by atoms with van der Waals surface area (Å²) in [7, 11) is 0. The van der Waals surface area contributed by atoms with Crippen molar-refractivity contribution in [1.29, 1.82) is 0 Å². The van der Waals surface area contributed by atoms with Gasteiger partial charge in [-0.1, -0.05) is 25.5 Å². The maximum atomic E-state index is 6.24. The van der Waals surface area contributed by atoms with Crippen molar-refractivity contribution in [2.75, 3.05) is 0 Å². The van der Waals surface area contributed by atoms with Gasteiger partial charge >= 0.3 is 0 Å². The van der Waals surface area contributed by atoms with Gasteiger partial charge in [0.1, 0.15) is 0 Å². The van der Waals surface area contributed by atoms with Gasteiger partial charge in [-0.05, 0) is 46.5 Å². The summed E-state index contributed by atoms with van der Waals surface area (Å²) < 4.78 is 12.4. The van der Waals surface area contributed by atoms with Crippen molar-refractivity contribution in [2.45, 2.75) is 78.8 Å². The summed E-state index contributed by atoms with van der Waals surface area (Å²) in [6.45, 7) is 13.4. The van der Waals surface area contributed by atoms with E-state index < -0.39 is 0 Å². The molecule has 0 bridgehead atoms. The first kappa shape index (κ1) is 14.1. The average molecular weight is 252 g/mol. The fraction of sp³-hybridized carbons (Fsp3) is 0.875. The molecular weight excluding hydrogens is 224 g/mol. The van der Waals surface area contributed by atoms with Crippen LogP contribution in [0.5, 0.6) is 0 Å². The topological polar surface area (TPSA) is 18.5 Å². The molecular formula is C16H28O2. The minimum absolute atomic E-state index is 0.0682. The Hall–Kier alpha value is -0.340. The van der Waals surface area contributed by atoms with Gasteiger partial charge in [-0.2, -0.15) is 0 Å². The Labute approximate surface area is 112 Å². The Morgan fingerprint density at radius 1 is 1.22 bits per heavy atom. The van der Waals surface area contributed by atoms with Crippen molar-refractivity contribution < 1.29 is 9.47 Å². The van der Waals surface area contributed by atoms with Gasteiger partial charge < -0.3 is 9.47 Å². The first-order valence-electron chi connectivity index (χ1n) is 7.23. The zero-order chi connectivity index (χ0) is 13.6. The Morgan fingerprint density at radius 3 is 2.44 bits per heavy atom. The Morgan fingerprint density at radius 2 is 1.89 bits per heavy atom. The summed E-state index contributed by atoms with van der Waals surface area (Å²) >= 11 is 0. The third-order valence-corrected chi connectivity index (χ3v) is 4.73. The normalized spacial score (nSPS) is 44.6. The summed E-state index contributed by atoms with van der Waals surface area (Å²) in [4.78, 5) is 0. The fourth-order valence-corrected chi connectivity index (χ4v) is 3.33. The maximum Gasteiger partial charge on any atom is 0.164 e. The van der Waals surface area contributed by atoms with Gasteiger partial charge in [0.25, 0.3) is 0 Å². The van der Waals surface area contributed by atoms with Crippen molar-refractivity contribution in [3.8, 4) is 0 Å². The average Bonchev–Trinajstić information content (AvgIpc) is 2.21. The number of hydrogen-bond donors (Lipinski definition) is 0. The number of hydrogen-bond acceptors (Lipinski definition) is 2. The monoisotopic (exact) mass is 252 g/mol. The Balaban J connectivity index is 2.20. The van der Waals surface area contributed by atoms with E-state index in [4.69, 9.17) is 9.47 Å². The van der Waals surface area contributed by atoms with E-state index in [-0.39, 0.29) is 23.4 Å². The summed E-state index contributed by atoms with van der Waals surface area (Å²) in [6, 6.07) is 0. The van der Waals surface area contributed by atoms with Crippen LogP contribution in [0.3, 0.4) is 0 Å². The quantitative estimate of drug-likeness (QED) is 0.648. The fourth-order valence-electron chi connectivity index (χ4n) is 3.33. The first-order valence-corrected chi connectivity index (χ1v) is 7.23. The van der Waals surface area contributed by atoms with Gasteiger partial charge in [0.2, 0.25) is 0 Å². The zero-order valence-corrected chi connectivity index (χ0v) is 12.7. The molecule has 0 N–H and O–H groups in total. The molecule has 1 heterocycles. The van der Waals surface area contributed by atoms with E-state index in [0.29, 0.717) is 5.92 Å². The highest BCUT2D eigenvalue weighted by molar-refractivity contribution is 5.11. The van der Waals surface area contributed by atoms with E-state index in [1.165, 1.54) is 12.0 Å². The molecule has 0 aromatic heterocycles. The molecule has 2 nitrogen and oxygen atoms in total. The van der Waals surface area contributed by atoms with Crippen LogP contribution in [-0.2, 0) is 9.47 Å². The molecule has 1 aliphatic heterocycles. The van der Waals surface area contributed by atoms with Crippen LogP contribution in [0.15, 0.2) is 11.6 Å². The van der Waals surface area contributed by atoms with Crippen LogP contribution in [0, 0.1) is 11.3 Å². The van der Waals surface area contributed by atoms with E-state index in [2.05, 4.69) is 47.6 Å². The second kappa shape index (κ2) is 4.64. The second-order valence-electron chi connectivity index (χ2n) is 7.17. The Bertz CT molecular complexity index is 345. The summed E-state index contributed by atoms with van der Waals surface area (Å²) in [5, 5.41) is 0. The van der Waals surface area contributed by atoms with Crippen LogP contribution in [0.1, 0.15) is 60.8 Å². The lowest BCUT2D eigenvalue weighted by Gasteiger charge is -2.50. The molecule has 2 rings (SSSR count). The molecule has 1 fully saturated rings. The standard InChI is InChI=1S/C16H28O2/c1-11-7-8-16(6,12(2)9-11)14-17-13(3)10-15(4,5)18-14/h9,12-14H,7-8,10H2,1-6H3/t12-,13+,14+,16+/m1/s1. The molecule has 0 aromatic rings. The smallest absolute Gasteiger partial charge is 0.164 e. The van der Waals surface area contributed by atoms with Crippen LogP contribution >= 0.6 is 0 Å². The lowest BCUT2D eigenvalue weighted by molar-refractivity contribution is -0.314. The van der Waals surface area contributed by atoms with Crippen LogP contribution in [0.25, 0.3) is 0 Å². The minimum Gasteiger partial charge on any atom is -0.349 e. The van der Waals surface area contributed by atoms with Crippen molar-refractivity contribution in [3.05, 3.63) is 11.6 Å². The summed E-state index contributed by atoms with van der Waals surface area (Å²) in [6.07, 6.45) is 5.90. The molecule has 0 aromatic carbocycles. The number of ether oxygens (including phenoxy) is 2. The lowest BCUT2D eigenvalue weighted by atomic mass is 9.69. The van der Waals surface area contributed by atoms with E-state index in [1.807, 2.05) is 0 Å². The molecule has 0 radical (unpaired) electrons. The molecule has 1 aliphatic carbocycles. The van der Waals surface area contributed by atoms with E-state index in [1.54, 1.807) is 0 Å². The third-order valence-electron chi connectivity index (χ3n) is 4.73. The van der Waals surface area contributed by atoms with Gasteiger partial charge in [-0.3, -0.25) is 0 Å². The Kier molecular flexibility index (Phi) is 3.63. The van der Waals surface area contributed by atoms with Crippen LogP contribution in [-0.4, -0.2) is 18.0 Å². The molecule has 0 spiro atoms. The van der Waals surface area contributed by atoms with Gasteiger partial charge in [0, 0.05) is 11.8 Å². The molecule has 18 heavy (non-hydrogen) atoms. The molecule has 0 unspecified atom stereocenters. The van der Waals surface area contributed by atoms with Gasteiger partial charge in [0.15, 0.2) is 6.29 Å². The highest BCUT2D eigenvalue weighted by Crippen LogP contribution is 2.47. The molecule has 4 atom stereocenters. The van der Waals surface area contributed by atoms with Crippen LogP contribution in [0.4, 0.5) is 0 Å².